The summed E-state index contributed by atoms with van der Waals surface area (Å²) in [6.07, 6.45) is 3.12. The van der Waals surface area contributed by atoms with Crippen LogP contribution < -0.4 is 0 Å². The molecule has 0 radical (unpaired) electrons. The van der Waals surface area contributed by atoms with Gasteiger partial charge in [-0.15, -0.1) is 0 Å². The monoisotopic (exact) mass is 460 g/mol. The predicted molar refractivity (Wildman–Crippen MR) is 115 cm³/mol. The first-order chi connectivity index (χ1) is 15.3. The van der Waals surface area contributed by atoms with Crippen LogP contribution in [0.4, 0.5) is 0 Å². The molecule has 4 rings (SSSR count). The number of Topliss-reactive ketones (excluding diaryl/α,β-unsaturated/α-hetero) is 2. The maximum atomic E-state index is 13.7. The molecule has 1 N–H and O–H groups in total. The Kier molecular flexibility index (Phi) is 5.67. The molecule has 0 aromatic rings. The molecule has 0 aromatic carbocycles. The Morgan fingerprint density at radius 1 is 1.12 bits per heavy atom. The van der Waals surface area contributed by atoms with Gasteiger partial charge in [-0.2, -0.15) is 0 Å². The second-order valence-electron chi connectivity index (χ2n) is 10.7. The highest BCUT2D eigenvalue weighted by Crippen LogP contribution is 2.66. The van der Waals surface area contributed by atoms with E-state index >= 15 is 0 Å². The molecule has 0 heterocycles. The molecule has 4 aliphatic carbocycles. The van der Waals surface area contributed by atoms with Crippen molar-refractivity contribution in [1.82, 2.24) is 0 Å². The van der Waals surface area contributed by atoms with Crippen molar-refractivity contribution in [2.75, 3.05) is 6.61 Å². The minimum absolute atomic E-state index is 0.0379. The van der Waals surface area contributed by atoms with Gasteiger partial charge in [-0.1, -0.05) is 19.4 Å². The summed E-state index contributed by atoms with van der Waals surface area (Å²) in [5.74, 6) is -2.45. The summed E-state index contributed by atoms with van der Waals surface area (Å²) in [5.41, 5.74) is -2.36. The van der Waals surface area contributed by atoms with Crippen LogP contribution in [0.25, 0.3) is 0 Å². The molecule has 0 unspecified atom stereocenters. The zero-order chi connectivity index (χ0) is 24.3. The van der Waals surface area contributed by atoms with Gasteiger partial charge in [0, 0.05) is 43.4 Å². The van der Waals surface area contributed by atoms with Crippen LogP contribution in [0.5, 0.6) is 0 Å². The molecule has 33 heavy (non-hydrogen) atoms. The summed E-state index contributed by atoms with van der Waals surface area (Å²) in [5, 5.41) is 11.5. The summed E-state index contributed by atoms with van der Waals surface area (Å²) in [6.45, 7) is 5.75. The topological polar surface area (TPSA) is 124 Å². The highest BCUT2D eigenvalue weighted by atomic mass is 16.5. The van der Waals surface area contributed by atoms with Crippen molar-refractivity contribution in [2.24, 2.45) is 28.6 Å². The van der Waals surface area contributed by atoms with E-state index in [9.17, 15) is 29.1 Å². The van der Waals surface area contributed by atoms with E-state index in [4.69, 9.17) is 9.47 Å². The van der Waals surface area contributed by atoms with Crippen molar-refractivity contribution in [3.05, 3.63) is 11.6 Å². The summed E-state index contributed by atoms with van der Waals surface area (Å²) >= 11 is 0. The number of ether oxygens (including phenoxy) is 2. The number of hydrogen-bond donors (Lipinski definition) is 1. The molecule has 3 saturated carbocycles. The Hall–Kier alpha value is -2.35. The number of carbonyl (C=O) groups excluding carboxylic acids is 5. The third kappa shape index (κ3) is 3.49. The number of hydrogen-bond acceptors (Lipinski definition) is 8. The maximum Gasteiger partial charge on any atom is 0.303 e. The number of fused-ring (bicyclic) bond motifs is 5. The van der Waals surface area contributed by atoms with Gasteiger partial charge < -0.3 is 14.6 Å². The second kappa shape index (κ2) is 7.86. The largest absolute Gasteiger partial charge is 0.458 e. The van der Waals surface area contributed by atoms with Gasteiger partial charge in [0.2, 0.25) is 5.78 Å². The predicted octanol–water partition coefficient (Wildman–Crippen LogP) is 2.10. The van der Waals surface area contributed by atoms with E-state index in [1.165, 1.54) is 13.8 Å². The van der Waals surface area contributed by atoms with Crippen LogP contribution in [-0.2, 0) is 33.4 Å². The molecule has 7 atom stereocenters. The Balaban J connectivity index is 1.66. The number of rotatable bonds is 4. The Labute approximate surface area is 193 Å². The third-order valence-corrected chi connectivity index (χ3v) is 9.00. The van der Waals surface area contributed by atoms with Gasteiger partial charge in [0.1, 0.15) is 11.4 Å². The number of aliphatic hydroxyl groups is 1. The van der Waals surface area contributed by atoms with E-state index in [1.807, 2.05) is 13.8 Å². The molecule has 8 heteroatoms. The second-order valence-corrected chi connectivity index (χ2v) is 10.7. The molecule has 0 saturated heterocycles. The highest BCUT2D eigenvalue weighted by molar-refractivity contribution is 5.98. The van der Waals surface area contributed by atoms with Crippen LogP contribution in [0.2, 0.25) is 0 Å². The molecular weight excluding hydrogens is 428 g/mol. The minimum atomic E-state index is -1.73. The smallest absolute Gasteiger partial charge is 0.303 e. The van der Waals surface area contributed by atoms with Crippen LogP contribution >= 0.6 is 0 Å². The zero-order valence-electron chi connectivity index (χ0n) is 19.6. The van der Waals surface area contributed by atoms with E-state index in [0.717, 1.165) is 5.57 Å². The van der Waals surface area contributed by atoms with Crippen LogP contribution in [-0.4, -0.2) is 52.7 Å². The van der Waals surface area contributed by atoms with Crippen molar-refractivity contribution < 1.29 is 38.6 Å². The Bertz CT molecular complexity index is 965. The normalized spacial score (nSPS) is 41.9. The van der Waals surface area contributed by atoms with Gasteiger partial charge in [0.05, 0.1) is 0 Å². The molecule has 0 bridgehead atoms. The van der Waals surface area contributed by atoms with Crippen LogP contribution in [0, 0.1) is 28.6 Å². The molecule has 0 aliphatic heterocycles. The molecular formula is C25H32O8. The molecule has 8 nitrogen and oxygen atoms in total. The quantitative estimate of drug-likeness (QED) is 0.633. The molecule has 0 amide bonds. The summed E-state index contributed by atoms with van der Waals surface area (Å²) < 4.78 is 10.1. The van der Waals surface area contributed by atoms with Crippen LogP contribution in [0.1, 0.15) is 66.2 Å². The number of allylic oxidation sites excluding steroid dienone is 1. The minimum Gasteiger partial charge on any atom is -0.458 e. The summed E-state index contributed by atoms with van der Waals surface area (Å²) in [7, 11) is 0. The Morgan fingerprint density at radius 3 is 2.45 bits per heavy atom. The fourth-order valence-corrected chi connectivity index (χ4v) is 7.48. The zero-order valence-corrected chi connectivity index (χ0v) is 19.6. The SMILES string of the molecule is CC(=O)OCC(=O)[C@@]1(O)CC[C@H]2[C@@H]3CCC4=CC(=O)[C@H](OC(C)=O)C[C@]4(C)[C@H]3C(=O)C[C@@]21C. The van der Waals surface area contributed by atoms with Gasteiger partial charge in [-0.25, -0.2) is 0 Å². The number of carbonyl (C=O) groups is 5. The van der Waals surface area contributed by atoms with Crippen molar-refractivity contribution in [3.8, 4) is 0 Å². The lowest BCUT2D eigenvalue weighted by Crippen LogP contribution is -2.61. The molecule has 180 valence electrons. The summed E-state index contributed by atoms with van der Waals surface area (Å²) in [6, 6.07) is 0. The van der Waals surface area contributed by atoms with Gasteiger partial charge in [0.15, 0.2) is 18.5 Å². The van der Waals surface area contributed by atoms with Crippen molar-refractivity contribution in [1.29, 1.82) is 0 Å². The lowest BCUT2D eigenvalue weighted by Gasteiger charge is -2.58. The van der Waals surface area contributed by atoms with E-state index in [2.05, 4.69) is 0 Å². The average molecular weight is 461 g/mol. The third-order valence-electron chi connectivity index (χ3n) is 9.00. The van der Waals surface area contributed by atoms with E-state index in [0.29, 0.717) is 19.3 Å². The Morgan fingerprint density at radius 2 is 1.82 bits per heavy atom. The van der Waals surface area contributed by atoms with Crippen molar-refractivity contribution in [3.63, 3.8) is 0 Å². The fourth-order valence-electron chi connectivity index (χ4n) is 7.48. The lowest BCUT2D eigenvalue weighted by molar-refractivity contribution is -0.175. The van der Waals surface area contributed by atoms with Gasteiger partial charge in [0.25, 0.3) is 0 Å². The maximum absolute atomic E-state index is 13.7. The van der Waals surface area contributed by atoms with E-state index in [1.54, 1.807) is 6.08 Å². The summed E-state index contributed by atoms with van der Waals surface area (Å²) in [4.78, 5) is 61.9. The van der Waals surface area contributed by atoms with Crippen molar-refractivity contribution >= 4 is 29.3 Å². The first kappa shape index (κ1) is 23.8. The molecule has 0 aromatic heterocycles. The van der Waals surface area contributed by atoms with Gasteiger partial charge in [-0.3, -0.25) is 24.0 Å². The van der Waals surface area contributed by atoms with Gasteiger partial charge >= 0.3 is 11.9 Å². The number of ketones is 3. The van der Waals surface area contributed by atoms with Crippen LogP contribution in [0.3, 0.4) is 0 Å². The van der Waals surface area contributed by atoms with E-state index < -0.39 is 46.9 Å². The van der Waals surface area contributed by atoms with E-state index in [-0.39, 0.29) is 48.6 Å². The number of esters is 2. The fraction of sp³-hybridized carbons (Fsp3) is 0.720. The standard InChI is InChI=1S/C25H32O8/c1-13(26)32-12-21(30)25(31)8-7-17-16-6-5-15-9-18(28)20(33-14(2)27)11-23(15,3)22(16)19(29)10-24(17,25)4/h9,16-17,20,22,31H,5-8,10-12H2,1-4H3/t16-,17-,20+,22+,23-,24-,25-/m0/s1. The van der Waals surface area contributed by atoms with Crippen LogP contribution in [0.15, 0.2) is 11.6 Å². The first-order valence-electron chi connectivity index (χ1n) is 11.7. The average Bonchev–Trinajstić information content (AvgIpc) is 2.98. The van der Waals surface area contributed by atoms with Crippen molar-refractivity contribution in [2.45, 2.75) is 77.9 Å². The lowest BCUT2D eigenvalue weighted by atomic mass is 9.45. The molecule has 0 spiro atoms. The molecule has 4 aliphatic rings. The first-order valence-corrected chi connectivity index (χ1v) is 11.7. The molecule has 3 fully saturated rings. The highest BCUT2D eigenvalue weighted by Gasteiger charge is 2.68. The van der Waals surface area contributed by atoms with Gasteiger partial charge in [-0.05, 0) is 43.6 Å².